The predicted octanol–water partition coefficient (Wildman–Crippen LogP) is 5.09. The molecule has 0 bridgehead atoms. The summed E-state index contributed by atoms with van der Waals surface area (Å²) in [6, 6.07) is 17.5. The van der Waals surface area contributed by atoms with Crippen LogP contribution >= 0.6 is 22.9 Å². The van der Waals surface area contributed by atoms with E-state index in [1.165, 1.54) is 11.3 Å². The highest BCUT2D eigenvalue weighted by atomic mass is 35.5. The Morgan fingerprint density at radius 2 is 1.88 bits per heavy atom. The van der Waals surface area contributed by atoms with Crippen molar-refractivity contribution in [3.63, 3.8) is 0 Å². The highest BCUT2D eigenvalue weighted by Gasteiger charge is 2.22. The van der Waals surface area contributed by atoms with E-state index in [9.17, 15) is 10.4 Å². The van der Waals surface area contributed by atoms with E-state index >= 15 is 0 Å². The quantitative estimate of drug-likeness (QED) is 0.403. The van der Waals surface area contributed by atoms with Crippen LogP contribution < -0.4 is 9.64 Å². The molecule has 1 aliphatic rings. The van der Waals surface area contributed by atoms with Crippen molar-refractivity contribution in [2.75, 3.05) is 44.7 Å². The molecule has 2 aromatic carbocycles. The Hall–Kier alpha value is -3.05. The Balaban J connectivity index is 1.43. The average Bonchev–Trinajstić information content (AvgIpc) is 3.30. The van der Waals surface area contributed by atoms with Crippen molar-refractivity contribution in [1.29, 1.82) is 5.26 Å². The maximum absolute atomic E-state index is 10.7. The zero-order chi connectivity index (χ0) is 22.5. The second kappa shape index (κ2) is 10.0. The standard InChI is InChI=1S/C24H23ClN4O2S/c1-31-23-5-3-2-4-21(23)29-12-10-28(11-13-29)15-22(30)19(14-26)24-27-20(16-32-24)17-6-8-18(25)9-7-17/h2-9,16,30H,10-13,15H2,1H3. The predicted molar refractivity (Wildman–Crippen MR) is 129 cm³/mol. The topological polar surface area (TPSA) is 72.6 Å². The van der Waals surface area contributed by atoms with Crippen molar-refractivity contribution >= 4 is 34.2 Å². The number of allylic oxidation sites excluding steroid dienone is 1. The summed E-state index contributed by atoms with van der Waals surface area (Å²) in [6.45, 7) is 3.49. The van der Waals surface area contributed by atoms with Gasteiger partial charge in [-0.05, 0) is 24.3 Å². The fourth-order valence-corrected chi connectivity index (χ4v) is 4.68. The van der Waals surface area contributed by atoms with Gasteiger partial charge in [0.05, 0.1) is 25.0 Å². The zero-order valence-electron chi connectivity index (χ0n) is 17.7. The summed E-state index contributed by atoms with van der Waals surface area (Å²) in [7, 11) is 1.68. The van der Waals surface area contributed by atoms with E-state index in [1.54, 1.807) is 19.2 Å². The van der Waals surface area contributed by atoms with Crippen LogP contribution in [0.5, 0.6) is 5.75 Å². The number of ether oxygens (including phenoxy) is 1. The van der Waals surface area contributed by atoms with Gasteiger partial charge in [-0.3, -0.25) is 4.90 Å². The van der Waals surface area contributed by atoms with Crippen LogP contribution in [0.4, 0.5) is 5.69 Å². The number of rotatable bonds is 6. The molecule has 1 fully saturated rings. The van der Waals surface area contributed by atoms with Gasteiger partial charge in [0, 0.05) is 42.1 Å². The first-order valence-corrected chi connectivity index (χ1v) is 11.5. The van der Waals surface area contributed by atoms with E-state index in [4.69, 9.17) is 16.3 Å². The Morgan fingerprint density at radius 1 is 1.16 bits per heavy atom. The molecule has 1 N–H and O–H groups in total. The summed E-state index contributed by atoms with van der Waals surface area (Å²) in [5.74, 6) is 0.908. The molecule has 0 unspecified atom stereocenters. The van der Waals surface area contributed by atoms with Crippen molar-refractivity contribution < 1.29 is 9.84 Å². The summed E-state index contributed by atoms with van der Waals surface area (Å²) < 4.78 is 5.47. The van der Waals surface area contributed by atoms with E-state index in [2.05, 4.69) is 26.9 Å². The number of para-hydroxylation sites is 2. The van der Waals surface area contributed by atoms with Gasteiger partial charge in [-0.2, -0.15) is 5.26 Å². The van der Waals surface area contributed by atoms with E-state index in [-0.39, 0.29) is 11.3 Å². The van der Waals surface area contributed by atoms with Crippen LogP contribution in [0.15, 0.2) is 59.7 Å². The maximum Gasteiger partial charge on any atom is 0.142 e. The highest BCUT2D eigenvalue weighted by molar-refractivity contribution is 7.11. The van der Waals surface area contributed by atoms with Crippen LogP contribution in [0.2, 0.25) is 5.02 Å². The van der Waals surface area contributed by atoms with Crippen LogP contribution in [0.25, 0.3) is 16.8 Å². The van der Waals surface area contributed by atoms with Crippen LogP contribution in [-0.4, -0.2) is 54.8 Å². The third-order valence-electron chi connectivity index (χ3n) is 5.43. The summed E-state index contributed by atoms with van der Waals surface area (Å²) >= 11 is 7.30. The molecule has 164 valence electrons. The molecule has 8 heteroatoms. The van der Waals surface area contributed by atoms with Gasteiger partial charge >= 0.3 is 0 Å². The number of aliphatic hydroxyl groups excluding tert-OH is 1. The molecule has 0 radical (unpaired) electrons. The fourth-order valence-electron chi connectivity index (χ4n) is 3.71. The molecule has 0 aliphatic carbocycles. The summed E-state index contributed by atoms with van der Waals surface area (Å²) in [6.07, 6.45) is 0. The van der Waals surface area contributed by atoms with Crippen LogP contribution in [0, 0.1) is 11.3 Å². The summed E-state index contributed by atoms with van der Waals surface area (Å²) in [5.41, 5.74) is 2.97. The number of piperazine rings is 1. The molecule has 1 aromatic heterocycles. The Morgan fingerprint density at radius 3 is 2.56 bits per heavy atom. The lowest BCUT2D eigenvalue weighted by molar-refractivity contribution is 0.238. The Kier molecular flexibility index (Phi) is 6.96. The van der Waals surface area contributed by atoms with Gasteiger partial charge < -0.3 is 14.7 Å². The first-order valence-electron chi connectivity index (χ1n) is 10.2. The van der Waals surface area contributed by atoms with Gasteiger partial charge in [-0.15, -0.1) is 11.3 Å². The van der Waals surface area contributed by atoms with Crippen molar-refractivity contribution in [2.45, 2.75) is 0 Å². The minimum Gasteiger partial charge on any atom is -0.509 e. The Labute approximate surface area is 196 Å². The van der Waals surface area contributed by atoms with Gasteiger partial charge in [0.1, 0.15) is 28.2 Å². The Bertz CT molecular complexity index is 1150. The number of methoxy groups -OCH3 is 1. The molecule has 0 saturated carbocycles. The minimum absolute atomic E-state index is 0.0512. The molecule has 0 amide bonds. The second-order valence-electron chi connectivity index (χ2n) is 7.41. The summed E-state index contributed by atoms with van der Waals surface area (Å²) in [4.78, 5) is 8.98. The molecule has 3 aromatic rings. The lowest BCUT2D eigenvalue weighted by atomic mass is 10.2. The molecule has 32 heavy (non-hydrogen) atoms. The largest absolute Gasteiger partial charge is 0.509 e. The van der Waals surface area contributed by atoms with Gasteiger partial charge in [-0.1, -0.05) is 35.9 Å². The number of benzene rings is 2. The molecule has 0 atom stereocenters. The number of thiazole rings is 1. The maximum atomic E-state index is 10.7. The van der Waals surface area contributed by atoms with Crippen LogP contribution in [-0.2, 0) is 0 Å². The molecule has 6 nitrogen and oxygen atoms in total. The monoisotopic (exact) mass is 466 g/mol. The number of halogens is 1. The van der Waals surface area contributed by atoms with E-state index in [0.717, 1.165) is 48.9 Å². The van der Waals surface area contributed by atoms with Crippen molar-refractivity contribution in [3.05, 3.63) is 69.7 Å². The molecular formula is C24H23ClN4O2S. The van der Waals surface area contributed by atoms with Crippen molar-refractivity contribution in [2.24, 2.45) is 0 Å². The molecule has 4 rings (SSSR count). The van der Waals surface area contributed by atoms with E-state index in [0.29, 0.717) is 16.6 Å². The first kappa shape index (κ1) is 22.2. The smallest absolute Gasteiger partial charge is 0.142 e. The SMILES string of the molecule is COc1ccccc1N1CCN(CC(O)=C(C#N)c2nc(-c3ccc(Cl)cc3)cs2)CC1. The lowest BCUT2D eigenvalue weighted by Gasteiger charge is -2.36. The number of hydrogen-bond donors (Lipinski definition) is 1. The zero-order valence-corrected chi connectivity index (χ0v) is 19.2. The number of aromatic nitrogens is 1. The lowest BCUT2D eigenvalue weighted by Crippen LogP contribution is -2.47. The van der Waals surface area contributed by atoms with E-state index in [1.807, 2.05) is 35.7 Å². The number of anilines is 1. The minimum atomic E-state index is 0.0512. The third kappa shape index (κ3) is 4.89. The number of aliphatic hydroxyl groups is 1. The molecule has 1 aliphatic heterocycles. The highest BCUT2D eigenvalue weighted by Crippen LogP contribution is 2.30. The third-order valence-corrected chi connectivity index (χ3v) is 6.54. The van der Waals surface area contributed by atoms with Gasteiger partial charge in [-0.25, -0.2) is 4.98 Å². The number of nitrogens with zero attached hydrogens (tertiary/aromatic N) is 4. The number of hydrogen-bond acceptors (Lipinski definition) is 7. The van der Waals surface area contributed by atoms with Crippen molar-refractivity contribution in [3.8, 4) is 23.1 Å². The normalized spacial score (nSPS) is 15.2. The fraction of sp³-hybridized carbons (Fsp3) is 0.250. The molecule has 2 heterocycles. The molecule has 1 saturated heterocycles. The van der Waals surface area contributed by atoms with Crippen molar-refractivity contribution in [1.82, 2.24) is 9.88 Å². The first-order chi connectivity index (χ1) is 15.6. The summed E-state index contributed by atoms with van der Waals surface area (Å²) in [5, 5.41) is 23.5. The average molecular weight is 467 g/mol. The molecule has 0 spiro atoms. The second-order valence-corrected chi connectivity index (χ2v) is 8.71. The van der Waals surface area contributed by atoms with Gasteiger partial charge in [0.2, 0.25) is 0 Å². The van der Waals surface area contributed by atoms with E-state index < -0.39 is 0 Å². The number of nitriles is 1. The van der Waals surface area contributed by atoms with Gasteiger partial charge in [0.15, 0.2) is 0 Å². The van der Waals surface area contributed by atoms with Crippen LogP contribution in [0.3, 0.4) is 0 Å². The van der Waals surface area contributed by atoms with Gasteiger partial charge in [0.25, 0.3) is 0 Å². The molecular weight excluding hydrogens is 444 g/mol. The van der Waals surface area contributed by atoms with Crippen LogP contribution in [0.1, 0.15) is 5.01 Å².